The summed E-state index contributed by atoms with van der Waals surface area (Å²) in [6.45, 7) is 14.7. The van der Waals surface area contributed by atoms with E-state index >= 15 is 0 Å². The van der Waals surface area contributed by atoms with Gasteiger partial charge in [0.2, 0.25) is 6.79 Å². The highest BCUT2D eigenvalue weighted by Gasteiger charge is 2.23. The Kier molecular flexibility index (Phi) is 9.74. The lowest BCUT2D eigenvalue weighted by molar-refractivity contribution is -0.00690. The lowest BCUT2D eigenvalue weighted by Crippen LogP contribution is -2.14. The fraction of sp³-hybridized carbons (Fsp3) is 0.500. The van der Waals surface area contributed by atoms with E-state index in [1.165, 1.54) is 11.8 Å². The first kappa shape index (κ1) is 27.4. The molecule has 0 bridgehead atoms. The fourth-order valence-electron chi connectivity index (χ4n) is 3.26. The third kappa shape index (κ3) is 7.10. The van der Waals surface area contributed by atoms with Crippen molar-refractivity contribution in [3.05, 3.63) is 51.8 Å². The van der Waals surface area contributed by atoms with Crippen LogP contribution in [-0.2, 0) is 26.2 Å². The summed E-state index contributed by atoms with van der Waals surface area (Å²) in [4.78, 5) is 11.9. The van der Waals surface area contributed by atoms with Crippen molar-refractivity contribution in [3.8, 4) is 0 Å². The molecule has 2 aromatic rings. The summed E-state index contributed by atoms with van der Waals surface area (Å²) in [5.74, 6) is 0.721. The molecular formula is C26H36ClN3O4. The quantitative estimate of drug-likeness (QED) is 0.170. The molecule has 0 spiro atoms. The lowest BCUT2D eigenvalue weighted by Gasteiger charge is -2.20. The second-order valence-electron chi connectivity index (χ2n) is 9.47. The summed E-state index contributed by atoms with van der Waals surface area (Å²) in [7, 11) is 0. The standard InChI is InChI=1S/C26H36ClN3O4/c1-8-30-23(22(27)18(4)29-30)24(33-16-34-25(31)32-14-13-17(2)3)21(15-28)19-9-11-20(12-10-19)26(5,6)7/h9-12,15,17,28H,8,13-14,16H2,1-7H3/b24-21-,28-15?. The van der Waals surface area contributed by atoms with Crippen LogP contribution in [0.2, 0.25) is 5.02 Å². The molecule has 0 saturated heterocycles. The van der Waals surface area contributed by atoms with E-state index in [1.54, 1.807) is 11.6 Å². The third-order valence-corrected chi connectivity index (χ3v) is 5.77. The number of carbonyl (C=O) groups is 1. The second-order valence-corrected chi connectivity index (χ2v) is 9.84. The molecular weight excluding hydrogens is 454 g/mol. The molecule has 0 aliphatic carbocycles. The Morgan fingerprint density at radius 1 is 1.18 bits per heavy atom. The average molecular weight is 490 g/mol. The first-order valence-corrected chi connectivity index (χ1v) is 11.9. The van der Waals surface area contributed by atoms with Crippen LogP contribution in [0.5, 0.6) is 0 Å². The minimum atomic E-state index is -0.808. The van der Waals surface area contributed by atoms with Crippen molar-refractivity contribution < 1.29 is 19.0 Å². The van der Waals surface area contributed by atoms with Crippen LogP contribution in [0.15, 0.2) is 24.3 Å². The molecule has 2 rings (SSSR count). The number of halogens is 1. The molecule has 7 nitrogen and oxygen atoms in total. The largest absolute Gasteiger partial charge is 0.511 e. The van der Waals surface area contributed by atoms with Crippen LogP contribution < -0.4 is 0 Å². The van der Waals surface area contributed by atoms with Crippen LogP contribution in [0.4, 0.5) is 4.79 Å². The maximum atomic E-state index is 11.9. The summed E-state index contributed by atoms with van der Waals surface area (Å²) >= 11 is 6.60. The smallest absolute Gasteiger partial charge is 0.454 e. The van der Waals surface area contributed by atoms with E-state index in [1.807, 2.05) is 45.0 Å². The van der Waals surface area contributed by atoms with Crippen molar-refractivity contribution in [2.24, 2.45) is 5.92 Å². The summed E-state index contributed by atoms with van der Waals surface area (Å²) < 4.78 is 17.8. The molecule has 186 valence electrons. The van der Waals surface area contributed by atoms with Crippen molar-refractivity contribution in [3.63, 3.8) is 0 Å². The van der Waals surface area contributed by atoms with E-state index in [0.717, 1.165) is 12.0 Å². The Hall–Kier alpha value is -2.80. The fourth-order valence-corrected chi connectivity index (χ4v) is 3.49. The van der Waals surface area contributed by atoms with Gasteiger partial charge in [-0.15, -0.1) is 0 Å². The van der Waals surface area contributed by atoms with Gasteiger partial charge < -0.3 is 19.6 Å². The summed E-state index contributed by atoms with van der Waals surface area (Å²) in [5, 5.41) is 13.0. The predicted octanol–water partition coefficient (Wildman–Crippen LogP) is 6.85. The number of benzene rings is 1. The SMILES string of the molecule is CCn1nc(C)c(Cl)c1/C(OCOC(=O)OCCC(C)C)=C(\C=N)c1ccc(C(C)(C)C)cc1. The lowest BCUT2D eigenvalue weighted by atomic mass is 9.86. The molecule has 0 aliphatic rings. The molecule has 1 heterocycles. The van der Waals surface area contributed by atoms with E-state index in [-0.39, 0.29) is 12.0 Å². The van der Waals surface area contributed by atoms with Gasteiger partial charge in [-0.1, -0.05) is 70.5 Å². The van der Waals surface area contributed by atoms with Gasteiger partial charge in [-0.3, -0.25) is 4.68 Å². The topological polar surface area (TPSA) is 86.4 Å². The van der Waals surface area contributed by atoms with E-state index in [9.17, 15) is 4.79 Å². The monoisotopic (exact) mass is 489 g/mol. The van der Waals surface area contributed by atoms with E-state index < -0.39 is 12.9 Å². The zero-order chi connectivity index (χ0) is 25.5. The molecule has 0 saturated carbocycles. The minimum Gasteiger partial charge on any atom is -0.454 e. The van der Waals surface area contributed by atoms with Gasteiger partial charge in [0.1, 0.15) is 5.69 Å². The van der Waals surface area contributed by atoms with Crippen LogP contribution in [0.3, 0.4) is 0 Å². The van der Waals surface area contributed by atoms with Crippen molar-refractivity contribution in [1.82, 2.24) is 9.78 Å². The molecule has 34 heavy (non-hydrogen) atoms. The van der Waals surface area contributed by atoms with Gasteiger partial charge in [-0.2, -0.15) is 5.10 Å². The van der Waals surface area contributed by atoms with Gasteiger partial charge in [0.05, 0.1) is 17.3 Å². The van der Waals surface area contributed by atoms with Crippen LogP contribution in [0.25, 0.3) is 11.3 Å². The van der Waals surface area contributed by atoms with Gasteiger partial charge in [0.25, 0.3) is 0 Å². The van der Waals surface area contributed by atoms with E-state index in [0.29, 0.717) is 40.2 Å². The zero-order valence-electron chi connectivity index (χ0n) is 21.2. The summed E-state index contributed by atoms with van der Waals surface area (Å²) in [5.41, 5.74) is 3.60. The summed E-state index contributed by atoms with van der Waals surface area (Å²) in [6, 6.07) is 7.95. The molecule has 0 radical (unpaired) electrons. The highest BCUT2D eigenvalue weighted by Crippen LogP contribution is 2.34. The van der Waals surface area contributed by atoms with Crippen LogP contribution in [0, 0.1) is 18.3 Å². The van der Waals surface area contributed by atoms with E-state index in [4.69, 9.17) is 31.2 Å². The molecule has 0 unspecified atom stereocenters. The number of nitrogens with zero attached hydrogens (tertiary/aromatic N) is 2. The zero-order valence-corrected chi connectivity index (χ0v) is 22.0. The molecule has 8 heteroatoms. The van der Waals surface area contributed by atoms with Crippen molar-refractivity contribution in [1.29, 1.82) is 5.41 Å². The molecule has 1 aromatic heterocycles. The maximum Gasteiger partial charge on any atom is 0.511 e. The normalized spacial score (nSPS) is 12.4. The molecule has 0 atom stereocenters. The minimum absolute atomic E-state index is 0.00254. The number of carbonyl (C=O) groups excluding carboxylic acids is 1. The second kappa shape index (κ2) is 12.1. The first-order chi connectivity index (χ1) is 16.0. The van der Waals surface area contributed by atoms with Gasteiger partial charge in [0, 0.05) is 18.3 Å². The van der Waals surface area contributed by atoms with Gasteiger partial charge in [-0.05, 0) is 42.7 Å². The third-order valence-electron chi connectivity index (χ3n) is 5.32. The number of aromatic nitrogens is 2. The number of rotatable bonds is 10. The number of allylic oxidation sites excluding steroid dienone is 1. The van der Waals surface area contributed by atoms with Crippen molar-refractivity contribution in [2.45, 2.75) is 66.8 Å². The van der Waals surface area contributed by atoms with Gasteiger partial charge >= 0.3 is 6.16 Å². The van der Waals surface area contributed by atoms with Crippen LogP contribution in [-0.4, -0.2) is 35.6 Å². The predicted molar refractivity (Wildman–Crippen MR) is 136 cm³/mol. The van der Waals surface area contributed by atoms with Crippen molar-refractivity contribution >= 4 is 35.3 Å². The van der Waals surface area contributed by atoms with E-state index in [2.05, 4.69) is 25.9 Å². The Labute approximate surface area is 207 Å². The number of ether oxygens (including phenoxy) is 3. The molecule has 1 aromatic carbocycles. The highest BCUT2D eigenvalue weighted by atomic mass is 35.5. The number of hydrogen-bond donors (Lipinski definition) is 1. The Morgan fingerprint density at radius 3 is 2.35 bits per heavy atom. The Balaban J connectivity index is 2.41. The molecule has 0 fully saturated rings. The van der Waals surface area contributed by atoms with Gasteiger partial charge in [-0.25, -0.2) is 4.79 Å². The van der Waals surface area contributed by atoms with Crippen LogP contribution >= 0.6 is 11.6 Å². The number of aryl methyl sites for hydroxylation is 2. The average Bonchev–Trinajstić information content (AvgIpc) is 3.06. The highest BCUT2D eigenvalue weighted by molar-refractivity contribution is 6.33. The number of hydrogen-bond acceptors (Lipinski definition) is 6. The molecule has 0 aliphatic heterocycles. The van der Waals surface area contributed by atoms with Crippen LogP contribution in [0.1, 0.15) is 70.5 Å². The Bertz CT molecular complexity index is 1020. The molecule has 1 N–H and O–H groups in total. The first-order valence-electron chi connectivity index (χ1n) is 11.5. The Morgan fingerprint density at radius 2 is 1.82 bits per heavy atom. The van der Waals surface area contributed by atoms with Gasteiger partial charge in [0.15, 0.2) is 5.76 Å². The molecule has 0 amide bonds. The van der Waals surface area contributed by atoms with Crippen molar-refractivity contribution in [2.75, 3.05) is 13.4 Å². The summed E-state index contributed by atoms with van der Waals surface area (Å²) in [6.07, 6.45) is 1.15. The number of nitrogens with one attached hydrogen (secondary N) is 1. The maximum absolute atomic E-state index is 11.9.